The summed E-state index contributed by atoms with van der Waals surface area (Å²) in [6, 6.07) is 27.4. The van der Waals surface area contributed by atoms with Gasteiger partial charge < -0.3 is 9.84 Å². The maximum atomic E-state index is 14.1. The Morgan fingerprint density at radius 2 is 1.51 bits per heavy atom. The molecule has 0 saturated carbocycles. The standard InChI is InChI=1S/C29H24N2O4/c1-19-24(17-30)28(33)31(18-20-13-15-23(35-2)16-14-20)29(34)25(19)27(32)26(21-9-5-3-6-10-21)22-11-7-4-8-12-22/h3-16,26,34H,18H2,1-2H3. The third-order valence-electron chi connectivity index (χ3n) is 6.07. The van der Waals surface area contributed by atoms with E-state index in [4.69, 9.17) is 4.74 Å². The second-order valence-corrected chi connectivity index (χ2v) is 8.17. The van der Waals surface area contributed by atoms with Gasteiger partial charge in [0.05, 0.1) is 25.1 Å². The van der Waals surface area contributed by atoms with Crippen LogP contribution in [0, 0.1) is 18.3 Å². The number of carbonyl (C=O) groups excluding carboxylic acids is 1. The minimum Gasteiger partial charge on any atom is -0.497 e. The van der Waals surface area contributed by atoms with Crippen molar-refractivity contribution in [2.24, 2.45) is 0 Å². The number of pyridine rings is 1. The van der Waals surface area contributed by atoms with Crippen molar-refractivity contribution in [3.8, 4) is 17.7 Å². The fourth-order valence-electron chi connectivity index (χ4n) is 4.24. The second-order valence-electron chi connectivity index (χ2n) is 8.17. The van der Waals surface area contributed by atoms with Crippen molar-refractivity contribution < 1.29 is 14.6 Å². The first-order valence-electron chi connectivity index (χ1n) is 11.1. The topological polar surface area (TPSA) is 92.3 Å². The highest BCUT2D eigenvalue weighted by molar-refractivity contribution is 6.06. The molecule has 0 atom stereocenters. The first-order chi connectivity index (χ1) is 17.0. The minimum absolute atomic E-state index is 0.00869. The Labute approximate surface area is 203 Å². The maximum absolute atomic E-state index is 14.1. The number of hydrogen-bond acceptors (Lipinski definition) is 5. The molecule has 35 heavy (non-hydrogen) atoms. The number of carbonyl (C=O) groups is 1. The summed E-state index contributed by atoms with van der Waals surface area (Å²) in [6.45, 7) is 1.52. The smallest absolute Gasteiger partial charge is 0.271 e. The van der Waals surface area contributed by atoms with Crippen LogP contribution in [0.2, 0.25) is 0 Å². The Bertz CT molecular complexity index is 1410. The van der Waals surface area contributed by atoms with Gasteiger partial charge in [0.25, 0.3) is 5.56 Å². The predicted octanol–water partition coefficient (Wildman–Crippen LogP) is 4.81. The largest absolute Gasteiger partial charge is 0.497 e. The van der Waals surface area contributed by atoms with E-state index in [1.165, 1.54) is 6.92 Å². The summed E-state index contributed by atoms with van der Waals surface area (Å²) in [7, 11) is 1.55. The van der Waals surface area contributed by atoms with E-state index in [9.17, 15) is 20.0 Å². The van der Waals surface area contributed by atoms with E-state index in [1.807, 2.05) is 66.7 Å². The molecule has 1 aromatic heterocycles. The van der Waals surface area contributed by atoms with E-state index >= 15 is 0 Å². The fraction of sp³-hybridized carbons (Fsp3) is 0.138. The molecule has 6 nitrogen and oxygen atoms in total. The molecule has 0 aliphatic carbocycles. The Morgan fingerprint density at radius 1 is 0.971 bits per heavy atom. The van der Waals surface area contributed by atoms with Crippen molar-refractivity contribution in [1.82, 2.24) is 4.57 Å². The van der Waals surface area contributed by atoms with Crippen molar-refractivity contribution in [3.05, 3.63) is 129 Å². The third kappa shape index (κ3) is 4.57. The molecule has 4 aromatic rings. The van der Waals surface area contributed by atoms with Crippen LogP contribution in [0.3, 0.4) is 0 Å². The van der Waals surface area contributed by atoms with Crippen LogP contribution in [0.15, 0.2) is 89.7 Å². The van der Waals surface area contributed by atoms with E-state index in [-0.39, 0.29) is 23.2 Å². The Hall–Kier alpha value is -4.63. The van der Waals surface area contributed by atoms with Crippen LogP contribution in [0.1, 0.15) is 44.1 Å². The van der Waals surface area contributed by atoms with Crippen molar-refractivity contribution in [3.63, 3.8) is 0 Å². The van der Waals surface area contributed by atoms with Crippen molar-refractivity contribution in [2.45, 2.75) is 19.4 Å². The molecule has 0 amide bonds. The molecular formula is C29H24N2O4. The van der Waals surface area contributed by atoms with E-state index in [0.717, 1.165) is 15.7 Å². The molecule has 6 heteroatoms. The normalized spacial score (nSPS) is 10.7. The van der Waals surface area contributed by atoms with Gasteiger partial charge in [-0.1, -0.05) is 72.8 Å². The summed E-state index contributed by atoms with van der Waals surface area (Å²) in [5, 5.41) is 21.0. The number of benzene rings is 3. The number of aromatic nitrogens is 1. The molecule has 1 heterocycles. The molecular weight excluding hydrogens is 440 g/mol. The Balaban J connectivity index is 1.89. The SMILES string of the molecule is COc1ccc(Cn2c(O)c(C(=O)C(c3ccccc3)c3ccccc3)c(C)c(C#N)c2=O)cc1. The van der Waals surface area contributed by atoms with Crippen LogP contribution < -0.4 is 10.3 Å². The highest BCUT2D eigenvalue weighted by Crippen LogP contribution is 2.33. The Morgan fingerprint density at radius 3 is 2.00 bits per heavy atom. The van der Waals surface area contributed by atoms with Gasteiger partial charge in [-0.3, -0.25) is 14.2 Å². The quantitative estimate of drug-likeness (QED) is 0.397. The summed E-state index contributed by atoms with van der Waals surface area (Å²) in [5.41, 5.74) is 1.51. The lowest BCUT2D eigenvalue weighted by Gasteiger charge is -2.21. The van der Waals surface area contributed by atoms with E-state index < -0.39 is 23.1 Å². The zero-order valence-electron chi connectivity index (χ0n) is 19.4. The zero-order valence-corrected chi connectivity index (χ0v) is 19.4. The van der Waals surface area contributed by atoms with Gasteiger partial charge in [0.1, 0.15) is 17.4 Å². The van der Waals surface area contributed by atoms with Gasteiger partial charge in [-0.25, -0.2) is 0 Å². The molecule has 1 N–H and O–H groups in total. The molecule has 0 bridgehead atoms. The van der Waals surface area contributed by atoms with Crippen LogP contribution in [-0.2, 0) is 6.54 Å². The van der Waals surface area contributed by atoms with Gasteiger partial charge >= 0.3 is 0 Å². The number of aromatic hydroxyl groups is 1. The average Bonchev–Trinajstić information content (AvgIpc) is 2.89. The van der Waals surface area contributed by atoms with Crippen LogP contribution in [0.25, 0.3) is 0 Å². The van der Waals surface area contributed by atoms with Crippen molar-refractivity contribution in [1.29, 1.82) is 5.26 Å². The van der Waals surface area contributed by atoms with Crippen molar-refractivity contribution >= 4 is 5.78 Å². The van der Waals surface area contributed by atoms with Crippen LogP contribution in [0.5, 0.6) is 11.6 Å². The number of nitrogens with zero attached hydrogens (tertiary/aromatic N) is 2. The van der Waals surface area contributed by atoms with E-state index in [1.54, 1.807) is 31.4 Å². The minimum atomic E-state index is -0.722. The monoisotopic (exact) mass is 464 g/mol. The first-order valence-corrected chi connectivity index (χ1v) is 11.1. The van der Waals surface area contributed by atoms with Gasteiger partial charge in [0.2, 0.25) is 5.88 Å². The summed E-state index contributed by atoms with van der Waals surface area (Å²) >= 11 is 0. The number of ketones is 1. The number of ether oxygens (including phenoxy) is 1. The molecule has 0 fully saturated rings. The zero-order chi connectivity index (χ0) is 24.9. The third-order valence-corrected chi connectivity index (χ3v) is 6.07. The van der Waals surface area contributed by atoms with Gasteiger partial charge in [-0.05, 0) is 41.3 Å². The van der Waals surface area contributed by atoms with Gasteiger partial charge in [0.15, 0.2) is 5.78 Å². The first kappa shape index (κ1) is 23.5. The molecule has 174 valence electrons. The number of rotatable bonds is 7. The van der Waals surface area contributed by atoms with Crippen LogP contribution in [-0.4, -0.2) is 22.6 Å². The molecule has 0 aliphatic heterocycles. The summed E-state index contributed by atoms with van der Waals surface area (Å²) < 4.78 is 6.25. The van der Waals surface area contributed by atoms with Crippen LogP contribution >= 0.6 is 0 Å². The lowest BCUT2D eigenvalue weighted by molar-refractivity contribution is 0.0969. The summed E-state index contributed by atoms with van der Waals surface area (Å²) in [6.07, 6.45) is 0. The summed E-state index contributed by atoms with van der Waals surface area (Å²) in [5.74, 6) is -0.918. The lowest BCUT2D eigenvalue weighted by atomic mass is 9.83. The number of Topliss-reactive ketones (excluding diaryl/α,β-unsaturated/α-hetero) is 1. The summed E-state index contributed by atoms with van der Waals surface area (Å²) in [4.78, 5) is 27.2. The van der Waals surface area contributed by atoms with Gasteiger partial charge in [0, 0.05) is 0 Å². The fourth-order valence-corrected chi connectivity index (χ4v) is 4.24. The molecule has 0 spiro atoms. The second kappa shape index (κ2) is 10.1. The molecule has 4 rings (SSSR count). The number of hydrogen-bond donors (Lipinski definition) is 1. The van der Waals surface area contributed by atoms with Gasteiger partial charge in [-0.15, -0.1) is 0 Å². The van der Waals surface area contributed by atoms with Gasteiger partial charge in [-0.2, -0.15) is 5.26 Å². The van der Waals surface area contributed by atoms with E-state index in [0.29, 0.717) is 11.3 Å². The molecule has 0 saturated heterocycles. The molecule has 0 radical (unpaired) electrons. The Kier molecular flexibility index (Phi) is 6.79. The van der Waals surface area contributed by atoms with E-state index in [2.05, 4.69) is 0 Å². The number of methoxy groups -OCH3 is 1. The molecule has 3 aromatic carbocycles. The lowest BCUT2D eigenvalue weighted by Crippen LogP contribution is -2.28. The van der Waals surface area contributed by atoms with Crippen molar-refractivity contribution in [2.75, 3.05) is 7.11 Å². The maximum Gasteiger partial charge on any atom is 0.271 e. The number of nitriles is 1. The highest BCUT2D eigenvalue weighted by Gasteiger charge is 2.31. The molecule has 0 unspecified atom stereocenters. The predicted molar refractivity (Wildman–Crippen MR) is 133 cm³/mol. The average molecular weight is 465 g/mol. The molecule has 0 aliphatic rings. The highest BCUT2D eigenvalue weighted by atomic mass is 16.5. The van der Waals surface area contributed by atoms with Crippen LogP contribution in [0.4, 0.5) is 0 Å².